The van der Waals surface area contributed by atoms with Crippen LogP contribution >= 0.6 is 0 Å². The quantitative estimate of drug-likeness (QED) is 0.711. The number of aromatic nitrogens is 1. The van der Waals surface area contributed by atoms with Gasteiger partial charge in [0.2, 0.25) is 0 Å². The molecule has 8 heteroatoms. The van der Waals surface area contributed by atoms with Gasteiger partial charge in [-0.05, 0) is 18.2 Å². The highest BCUT2D eigenvalue weighted by molar-refractivity contribution is 7.92. The number of para-hydroxylation sites is 2. The smallest absolute Gasteiger partial charge is 0.265 e. The van der Waals surface area contributed by atoms with Gasteiger partial charge < -0.3 is 16.0 Å². The van der Waals surface area contributed by atoms with Crippen LogP contribution in [0.4, 0.5) is 11.4 Å². The average molecular weight is 294 g/mol. The number of nitrogens with zero attached hydrogens (tertiary/aromatic N) is 1. The molecule has 0 saturated carbocycles. The Morgan fingerprint density at radius 1 is 1.30 bits per heavy atom. The number of aryl methyl sites for hydroxylation is 1. The number of sulfonamides is 1. The van der Waals surface area contributed by atoms with Gasteiger partial charge in [-0.2, -0.15) is 0 Å². The molecule has 0 aliphatic heterocycles. The molecule has 7 nitrogen and oxygen atoms in total. The maximum atomic E-state index is 12.2. The minimum Gasteiger partial charge on any atom is -0.397 e. The third-order valence-electron chi connectivity index (χ3n) is 2.75. The Bertz CT molecular complexity index is 765. The van der Waals surface area contributed by atoms with Crippen LogP contribution in [-0.4, -0.2) is 18.9 Å². The van der Waals surface area contributed by atoms with Crippen LogP contribution in [0.25, 0.3) is 0 Å². The van der Waals surface area contributed by atoms with Crippen LogP contribution in [0.1, 0.15) is 10.5 Å². The fraction of sp³-hybridized carbons (Fsp3) is 0.0833. The molecule has 0 spiro atoms. The Labute approximate surface area is 116 Å². The number of primary amides is 1. The van der Waals surface area contributed by atoms with E-state index >= 15 is 0 Å². The van der Waals surface area contributed by atoms with Crippen LogP contribution in [-0.2, 0) is 17.1 Å². The Hall–Kier alpha value is -2.48. The second kappa shape index (κ2) is 4.89. The zero-order valence-electron chi connectivity index (χ0n) is 10.7. The van der Waals surface area contributed by atoms with Crippen molar-refractivity contribution in [1.29, 1.82) is 0 Å². The molecule has 0 atom stereocenters. The van der Waals surface area contributed by atoms with E-state index in [0.29, 0.717) is 5.69 Å². The van der Waals surface area contributed by atoms with Crippen molar-refractivity contribution in [3.63, 3.8) is 0 Å². The lowest BCUT2D eigenvalue weighted by Gasteiger charge is -2.08. The lowest BCUT2D eigenvalue weighted by Crippen LogP contribution is -2.14. The first-order valence-electron chi connectivity index (χ1n) is 5.65. The molecule has 2 aromatic rings. The number of hydrogen-bond acceptors (Lipinski definition) is 4. The lowest BCUT2D eigenvalue weighted by atomic mass is 10.3. The van der Waals surface area contributed by atoms with E-state index in [0.717, 1.165) is 0 Å². The van der Waals surface area contributed by atoms with Crippen molar-refractivity contribution in [2.45, 2.75) is 4.90 Å². The molecule has 0 radical (unpaired) electrons. The number of rotatable bonds is 4. The summed E-state index contributed by atoms with van der Waals surface area (Å²) in [7, 11) is -2.29. The van der Waals surface area contributed by atoms with Crippen molar-refractivity contribution in [1.82, 2.24) is 4.57 Å². The maximum absolute atomic E-state index is 12.2. The van der Waals surface area contributed by atoms with Crippen LogP contribution < -0.4 is 16.2 Å². The zero-order chi connectivity index (χ0) is 14.9. The number of amides is 1. The van der Waals surface area contributed by atoms with Gasteiger partial charge in [0.25, 0.3) is 15.9 Å². The predicted octanol–water partition coefficient (Wildman–Crippen LogP) is 0.507. The number of nitrogen functional groups attached to an aromatic ring is 1. The first-order chi connectivity index (χ1) is 9.31. The molecular formula is C12H14N4O3S. The van der Waals surface area contributed by atoms with Gasteiger partial charge in [0, 0.05) is 13.2 Å². The third kappa shape index (κ3) is 2.59. The van der Waals surface area contributed by atoms with Gasteiger partial charge in [0.05, 0.1) is 11.4 Å². The fourth-order valence-corrected chi connectivity index (χ4v) is 2.88. The van der Waals surface area contributed by atoms with E-state index in [2.05, 4.69) is 4.72 Å². The number of hydrogen-bond donors (Lipinski definition) is 3. The molecule has 0 unspecified atom stereocenters. The van der Waals surface area contributed by atoms with Crippen LogP contribution in [0, 0.1) is 0 Å². The lowest BCUT2D eigenvalue weighted by molar-refractivity contribution is 0.0992. The topological polar surface area (TPSA) is 120 Å². The van der Waals surface area contributed by atoms with Crippen LogP contribution in [0.15, 0.2) is 41.4 Å². The standard InChI is InChI=1S/C12H14N4O3S/c1-16-7-8(6-11(16)12(14)17)20(18,19)15-10-5-3-2-4-9(10)13/h2-7,15H,13H2,1H3,(H2,14,17). The minimum absolute atomic E-state index is 0.0583. The molecule has 0 saturated heterocycles. The van der Waals surface area contributed by atoms with E-state index in [-0.39, 0.29) is 16.3 Å². The SMILES string of the molecule is Cn1cc(S(=O)(=O)Nc2ccccc2N)cc1C(N)=O. The molecule has 2 rings (SSSR count). The van der Waals surface area contributed by atoms with Crippen molar-refractivity contribution in [2.75, 3.05) is 10.5 Å². The first-order valence-corrected chi connectivity index (χ1v) is 7.13. The summed E-state index contributed by atoms with van der Waals surface area (Å²) in [6.45, 7) is 0. The van der Waals surface area contributed by atoms with E-state index < -0.39 is 15.9 Å². The number of nitrogens with two attached hydrogens (primary N) is 2. The third-order valence-corrected chi connectivity index (χ3v) is 4.08. The summed E-state index contributed by atoms with van der Waals surface area (Å²) in [5.41, 5.74) is 11.5. The van der Waals surface area contributed by atoms with E-state index in [1.54, 1.807) is 24.3 Å². The molecule has 1 aromatic heterocycles. The number of carbonyl (C=O) groups excluding carboxylic acids is 1. The highest BCUT2D eigenvalue weighted by atomic mass is 32.2. The average Bonchev–Trinajstić information content (AvgIpc) is 2.75. The van der Waals surface area contributed by atoms with Gasteiger partial charge in [-0.25, -0.2) is 8.42 Å². The summed E-state index contributed by atoms with van der Waals surface area (Å²) in [5.74, 6) is -0.701. The van der Waals surface area contributed by atoms with Gasteiger partial charge in [-0.15, -0.1) is 0 Å². The van der Waals surface area contributed by atoms with Gasteiger partial charge in [-0.1, -0.05) is 12.1 Å². The predicted molar refractivity (Wildman–Crippen MR) is 75.6 cm³/mol. The Balaban J connectivity index is 2.39. The summed E-state index contributed by atoms with van der Waals surface area (Å²) >= 11 is 0. The highest BCUT2D eigenvalue weighted by Crippen LogP contribution is 2.22. The van der Waals surface area contributed by atoms with Crippen LogP contribution in [0.5, 0.6) is 0 Å². The molecule has 1 heterocycles. The molecule has 0 fully saturated rings. The molecular weight excluding hydrogens is 280 g/mol. The largest absolute Gasteiger partial charge is 0.397 e. The first kappa shape index (κ1) is 13.9. The Morgan fingerprint density at radius 2 is 1.95 bits per heavy atom. The van der Waals surface area contributed by atoms with Gasteiger partial charge in [0.1, 0.15) is 10.6 Å². The zero-order valence-corrected chi connectivity index (χ0v) is 11.5. The Morgan fingerprint density at radius 3 is 2.50 bits per heavy atom. The van der Waals surface area contributed by atoms with E-state index in [4.69, 9.17) is 11.5 Å². The molecule has 0 bridgehead atoms. The summed E-state index contributed by atoms with van der Waals surface area (Å²) in [4.78, 5) is 11.1. The maximum Gasteiger partial charge on any atom is 0.265 e. The minimum atomic E-state index is -3.83. The monoisotopic (exact) mass is 294 g/mol. The van der Waals surface area contributed by atoms with Crippen molar-refractivity contribution in [3.8, 4) is 0 Å². The van der Waals surface area contributed by atoms with Gasteiger partial charge in [0.15, 0.2) is 0 Å². The number of benzene rings is 1. The van der Waals surface area contributed by atoms with Crippen molar-refractivity contribution in [3.05, 3.63) is 42.2 Å². The van der Waals surface area contributed by atoms with Gasteiger partial charge in [-0.3, -0.25) is 9.52 Å². The van der Waals surface area contributed by atoms with Crippen LogP contribution in [0.2, 0.25) is 0 Å². The second-order valence-electron chi connectivity index (χ2n) is 4.23. The van der Waals surface area contributed by atoms with Gasteiger partial charge >= 0.3 is 0 Å². The second-order valence-corrected chi connectivity index (χ2v) is 5.91. The summed E-state index contributed by atoms with van der Waals surface area (Å²) in [6, 6.07) is 7.70. The highest BCUT2D eigenvalue weighted by Gasteiger charge is 2.20. The summed E-state index contributed by atoms with van der Waals surface area (Å²) in [6.07, 6.45) is 1.31. The van der Waals surface area contributed by atoms with E-state index in [1.165, 1.54) is 23.9 Å². The normalized spacial score (nSPS) is 11.2. The number of nitrogens with one attached hydrogen (secondary N) is 1. The van der Waals surface area contributed by atoms with Crippen molar-refractivity contribution in [2.24, 2.45) is 12.8 Å². The van der Waals surface area contributed by atoms with E-state index in [1.807, 2.05) is 0 Å². The van der Waals surface area contributed by atoms with Crippen LogP contribution in [0.3, 0.4) is 0 Å². The van der Waals surface area contributed by atoms with Crippen molar-refractivity contribution < 1.29 is 13.2 Å². The number of anilines is 2. The molecule has 0 aliphatic rings. The summed E-state index contributed by atoms with van der Waals surface area (Å²) in [5, 5.41) is 0. The Kier molecular flexibility index (Phi) is 3.41. The summed E-state index contributed by atoms with van der Waals surface area (Å²) < 4.78 is 28.1. The van der Waals surface area contributed by atoms with Crippen molar-refractivity contribution >= 4 is 27.3 Å². The molecule has 5 N–H and O–H groups in total. The molecule has 0 aliphatic carbocycles. The molecule has 20 heavy (non-hydrogen) atoms. The molecule has 106 valence electrons. The number of carbonyl (C=O) groups is 1. The molecule has 1 aromatic carbocycles. The van der Waals surface area contributed by atoms with E-state index in [9.17, 15) is 13.2 Å². The molecule has 1 amide bonds. The fourth-order valence-electron chi connectivity index (χ4n) is 1.72.